The van der Waals surface area contributed by atoms with E-state index in [1.54, 1.807) is 6.20 Å². The maximum Gasteiger partial charge on any atom is 0.228 e. The minimum absolute atomic E-state index is 0.174. The number of benzene rings is 2. The number of ether oxygens (including phenoxy) is 1. The average Bonchev–Trinajstić information content (AvgIpc) is 3.11. The Hall–Kier alpha value is -3.25. The lowest BCUT2D eigenvalue weighted by molar-refractivity contribution is -0.137. The highest BCUT2D eigenvalue weighted by Crippen LogP contribution is 2.44. The van der Waals surface area contributed by atoms with E-state index in [4.69, 9.17) is 4.74 Å². The number of hydrogen-bond acceptors (Lipinski definition) is 4. The van der Waals surface area contributed by atoms with Crippen molar-refractivity contribution in [3.8, 4) is 5.75 Å². The first-order valence-corrected chi connectivity index (χ1v) is 12.4. The van der Waals surface area contributed by atoms with Crippen LogP contribution in [0.25, 0.3) is 0 Å². The summed E-state index contributed by atoms with van der Waals surface area (Å²) in [4.78, 5) is 21.9. The molecule has 2 aliphatic heterocycles. The predicted molar refractivity (Wildman–Crippen MR) is 133 cm³/mol. The van der Waals surface area contributed by atoms with Gasteiger partial charge in [-0.25, -0.2) is 4.39 Å². The number of piperidine rings is 1. The number of hydrogen-bond donors (Lipinski definition) is 0. The molecule has 2 fully saturated rings. The van der Waals surface area contributed by atoms with E-state index in [1.807, 2.05) is 54.4 Å². The molecule has 3 aromatic rings. The lowest BCUT2D eigenvalue weighted by Gasteiger charge is -2.37. The van der Waals surface area contributed by atoms with Crippen LogP contribution in [-0.2, 0) is 24.4 Å². The fraction of sp³-hybridized carbons (Fsp3) is 0.379. The van der Waals surface area contributed by atoms with E-state index in [-0.39, 0.29) is 23.2 Å². The molecule has 1 amide bonds. The summed E-state index contributed by atoms with van der Waals surface area (Å²) in [6.45, 7) is 3.11. The number of aromatic nitrogens is 1. The predicted octanol–water partition coefficient (Wildman–Crippen LogP) is 4.86. The molecular formula is C29H32FN3O2. The first kappa shape index (κ1) is 23.5. The van der Waals surface area contributed by atoms with Crippen molar-refractivity contribution < 1.29 is 13.9 Å². The maximum absolute atomic E-state index is 13.3. The molecule has 0 aliphatic carbocycles. The van der Waals surface area contributed by atoms with Gasteiger partial charge < -0.3 is 9.64 Å². The van der Waals surface area contributed by atoms with Crippen molar-refractivity contribution in [2.75, 3.05) is 20.1 Å². The second-order valence-corrected chi connectivity index (χ2v) is 9.92. The highest BCUT2D eigenvalue weighted by atomic mass is 19.1. The van der Waals surface area contributed by atoms with Crippen LogP contribution in [0.4, 0.5) is 4.39 Å². The maximum atomic E-state index is 13.3. The van der Waals surface area contributed by atoms with Gasteiger partial charge >= 0.3 is 0 Å². The molecule has 0 saturated carbocycles. The SMILES string of the molecule is CN1C(=O)C2(CCN(Cc3cccc(OCc4ccccn4)c3)CC2)C[C@@H]1Cc1ccc(F)cc1. The van der Waals surface area contributed by atoms with Crippen LogP contribution in [0.1, 0.15) is 36.1 Å². The molecule has 2 aliphatic rings. The summed E-state index contributed by atoms with van der Waals surface area (Å²) in [5.41, 5.74) is 2.94. The number of carbonyl (C=O) groups excluding carboxylic acids is 1. The third-order valence-electron chi connectivity index (χ3n) is 7.56. The van der Waals surface area contributed by atoms with Gasteiger partial charge in [-0.15, -0.1) is 0 Å². The Labute approximate surface area is 206 Å². The third-order valence-corrected chi connectivity index (χ3v) is 7.56. The number of rotatable bonds is 7. The molecule has 5 nitrogen and oxygen atoms in total. The normalized spacial score (nSPS) is 19.9. The van der Waals surface area contributed by atoms with E-state index in [9.17, 15) is 9.18 Å². The summed E-state index contributed by atoms with van der Waals surface area (Å²) < 4.78 is 19.2. The fourth-order valence-electron chi connectivity index (χ4n) is 5.51. The van der Waals surface area contributed by atoms with Crippen molar-refractivity contribution in [2.45, 2.75) is 44.9 Å². The van der Waals surface area contributed by atoms with Crippen LogP contribution in [0.3, 0.4) is 0 Å². The zero-order valence-electron chi connectivity index (χ0n) is 20.2. The summed E-state index contributed by atoms with van der Waals surface area (Å²) in [6.07, 6.45) is 5.19. The van der Waals surface area contributed by atoms with Crippen LogP contribution in [0, 0.1) is 11.2 Å². The topological polar surface area (TPSA) is 45.7 Å². The zero-order chi connectivity index (χ0) is 24.3. The summed E-state index contributed by atoms with van der Waals surface area (Å²) in [5.74, 6) is 0.894. The number of likely N-dealkylation sites (N-methyl/N-ethyl adjacent to an activating group) is 1. The Morgan fingerprint density at radius 2 is 1.83 bits per heavy atom. The molecule has 0 bridgehead atoms. The van der Waals surface area contributed by atoms with E-state index in [0.717, 1.165) is 62.3 Å². The Kier molecular flexibility index (Phi) is 6.82. The monoisotopic (exact) mass is 473 g/mol. The molecule has 0 unspecified atom stereocenters. The average molecular weight is 474 g/mol. The molecule has 2 saturated heterocycles. The number of pyridine rings is 1. The van der Waals surface area contributed by atoms with Crippen LogP contribution < -0.4 is 4.74 Å². The number of nitrogens with zero attached hydrogens (tertiary/aromatic N) is 3. The largest absolute Gasteiger partial charge is 0.487 e. The third kappa shape index (κ3) is 5.38. The van der Waals surface area contributed by atoms with Gasteiger partial charge in [-0.3, -0.25) is 14.7 Å². The van der Waals surface area contributed by atoms with E-state index < -0.39 is 0 Å². The molecule has 182 valence electrons. The first-order valence-electron chi connectivity index (χ1n) is 12.4. The number of likely N-dealkylation sites (tertiary alicyclic amines) is 2. The van der Waals surface area contributed by atoms with Gasteiger partial charge in [0.1, 0.15) is 18.2 Å². The van der Waals surface area contributed by atoms with Crippen LogP contribution in [0.2, 0.25) is 0 Å². The lowest BCUT2D eigenvalue weighted by Crippen LogP contribution is -2.43. The molecule has 1 spiro atoms. The van der Waals surface area contributed by atoms with Gasteiger partial charge in [-0.2, -0.15) is 0 Å². The van der Waals surface area contributed by atoms with E-state index in [2.05, 4.69) is 22.0 Å². The van der Waals surface area contributed by atoms with Gasteiger partial charge in [0, 0.05) is 25.8 Å². The Morgan fingerprint density at radius 3 is 2.57 bits per heavy atom. The smallest absolute Gasteiger partial charge is 0.228 e. The van der Waals surface area contributed by atoms with Crippen molar-refractivity contribution >= 4 is 5.91 Å². The van der Waals surface area contributed by atoms with E-state index >= 15 is 0 Å². The summed E-state index contributed by atoms with van der Waals surface area (Å²) in [7, 11) is 1.92. The summed E-state index contributed by atoms with van der Waals surface area (Å²) in [5, 5.41) is 0. The molecular weight excluding hydrogens is 441 g/mol. The van der Waals surface area contributed by atoms with E-state index in [0.29, 0.717) is 6.61 Å². The molecule has 35 heavy (non-hydrogen) atoms. The molecule has 6 heteroatoms. The van der Waals surface area contributed by atoms with Crippen LogP contribution in [0.5, 0.6) is 5.75 Å². The summed E-state index contributed by atoms with van der Waals surface area (Å²) >= 11 is 0. The molecule has 3 heterocycles. The van der Waals surface area contributed by atoms with Crippen molar-refractivity contribution in [3.05, 3.63) is 95.6 Å². The second kappa shape index (κ2) is 10.2. The molecule has 0 N–H and O–H groups in total. The van der Waals surface area contributed by atoms with Gasteiger partial charge in [0.15, 0.2) is 0 Å². The first-order chi connectivity index (χ1) is 17.0. The van der Waals surface area contributed by atoms with Gasteiger partial charge in [0.05, 0.1) is 11.1 Å². The lowest BCUT2D eigenvalue weighted by atomic mass is 9.75. The van der Waals surface area contributed by atoms with Gasteiger partial charge in [0.25, 0.3) is 0 Å². The minimum atomic E-state index is -0.260. The highest BCUT2D eigenvalue weighted by Gasteiger charge is 2.51. The molecule has 2 aromatic carbocycles. The van der Waals surface area contributed by atoms with Gasteiger partial charge in [-0.05, 0) is 86.3 Å². The van der Waals surface area contributed by atoms with Crippen molar-refractivity contribution in [3.63, 3.8) is 0 Å². The van der Waals surface area contributed by atoms with Crippen molar-refractivity contribution in [1.82, 2.24) is 14.8 Å². The zero-order valence-corrected chi connectivity index (χ0v) is 20.2. The fourth-order valence-corrected chi connectivity index (χ4v) is 5.51. The Bertz CT molecular complexity index is 1140. The number of carbonyl (C=O) groups is 1. The molecule has 0 radical (unpaired) electrons. The molecule has 1 aromatic heterocycles. The van der Waals surface area contributed by atoms with Crippen molar-refractivity contribution in [2.24, 2.45) is 5.41 Å². The van der Waals surface area contributed by atoms with Gasteiger partial charge in [-0.1, -0.05) is 30.3 Å². The Morgan fingerprint density at radius 1 is 1.03 bits per heavy atom. The van der Waals surface area contributed by atoms with Crippen LogP contribution >= 0.6 is 0 Å². The van der Waals surface area contributed by atoms with Gasteiger partial charge in [0.2, 0.25) is 5.91 Å². The summed E-state index contributed by atoms with van der Waals surface area (Å²) in [6, 6.07) is 20.9. The number of amides is 1. The minimum Gasteiger partial charge on any atom is -0.487 e. The van der Waals surface area contributed by atoms with Crippen molar-refractivity contribution in [1.29, 1.82) is 0 Å². The van der Waals surface area contributed by atoms with Crippen LogP contribution in [-0.4, -0.2) is 46.9 Å². The highest BCUT2D eigenvalue weighted by molar-refractivity contribution is 5.85. The molecule has 1 atom stereocenters. The number of halogens is 1. The standard InChI is InChI=1S/C29H32FN3O2/c1-32-26(17-22-8-10-24(30)11-9-22)19-29(28(32)34)12-15-33(16-13-29)20-23-5-4-7-27(18-23)35-21-25-6-2-3-14-31-25/h2-11,14,18,26H,12-13,15-17,19-21H2,1H3/t26-/m0/s1. The van der Waals surface area contributed by atoms with E-state index in [1.165, 1.54) is 17.7 Å². The quantitative estimate of drug-likeness (QED) is 0.492. The second-order valence-electron chi connectivity index (χ2n) is 9.92. The molecule has 5 rings (SSSR count). The Balaban J connectivity index is 1.16. The van der Waals surface area contributed by atoms with Crippen LogP contribution in [0.15, 0.2) is 72.9 Å².